The topological polar surface area (TPSA) is 77.0 Å². The molecule has 0 saturated heterocycles. The Morgan fingerprint density at radius 2 is 1.95 bits per heavy atom. The van der Waals surface area contributed by atoms with Crippen LogP contribution >= 0.6 is 0 Å². The smallest absolute Gasteiger partial charge is 0.274 e. The maximum absolute atomic E-state index is 15.1. The Balaban J connectivity index is 1.82. The molecule has 2 heterocycles. The lowest BCUT2D eigenvalue weighted by Crippen LogP contribution is -2.37. The van der Waals surface area contributed by atoms with Crippen LogP contribution in [-0.2, 0) is 4.79 Å². The lowest BCUT2D eigenvalue weighted by molar-refractivity contribution is -0.118. The van der Waals surface area contributed by atoms with Gasteiger partial charge in [-0.25, -0.2) is 4.39 Å². The number of hydroxylamine groups is 1. The Kier molecular flexibility index (Phi) is 9.36. The predicted octanol–water partition coefficient (Wildman–Crippen LogP) is 5.42. The number of halogens is 1. The van der Waals surface area contributed by atoms with Gasteiger partial charge in [0.05, 0.1) is 5.69 Å². The summed E-state index contributed by atoms with van der Waals surface area (Å²) in [5, 5.41) is 11.1. The Bertz CT molecular complexity index is 1290. The van der Waals surface area contributed by atoms with Crippen molar-refractivity contribution < 1.29 is 19.2 Å². The molecule has 1 unspecified atom stereocenters. The second kappa shape index (κ2) is 12.3. The first-order valence-electron chi connectivity index (χ1n) is 12.7. The second-order valence-corrected chi connectivity index (χ2v) is 9.87. The third-order valence-corrected chi connectivity index (χ3v) is 6.99. The van der Waals surface area contributed by atoms with E-state index in [1.54, 1.807) is 45.4 Å². The molecule has 0 saturated carbocycles. The first-order valence-corrected chi connectivity index (χ1v) is 12.7. The number of anilines is 1. The van der Waals surface area contributed by atoms with Crippen LogP contribution in [0.4, 0.5) is 10.1 Å². The zero-order chi connectivity index (χ0) is 28.1. The summed E-state index contributed by atoms with van der Waals surface area (Å²) in [6, 6.07) is 4.75. The first-order chi connectivity index (χ1) is 18.0. The normalized spacial score (nSPS) is 15.4. The number of aryl methyl sites for hydroxylation is 2. The molecule has 0 bridgehead atoms. The van der Waals surface area contributed by atoms with Crippen molar-refractivity contribution in [2.75, 3.05) is 32.2 Å². The van der Waals surface area contributed by atoms with Crippen molar-refractivity contribution in [3.63, 3.8) is 0 Å². The van der Waals surface area contributed by atoms with Crippen LogP contribution in [0.5, 0.6) is 0 Å². The zero-order valence-electron chi connectivity index (χ0n) is 23.2. The molecule has 1 aromatic carbocycles. The van der Waals surface area contributed by atoms with E-state index in [2.05, 4.69) is 22.9 Å². The number of carbonyl (C=O) groups is 2. The number of allylic oxidation sites excluding steroid dienone is 1. The highest BCUT2D eigenvalue weighted by molar-refractivity contribution is 6.01. The summed E-state index contributed by atoms with van der Waals surface area (Å²) in [6.45, 7) is 10.9. The minimum Gasteiger partial charge on any atom is -0.345 e. The van der Waals surface area contributed by atoms with Crippen LogP contribution in [0.1, 0.15) is 59.9 Å². The number of rotatable bonds is 7. The van der Waals surface area contributed by atoms with E-state index in [0.717, 1.165) is 23.3 Å². The van der Waals surface area contributed by atoms with Gasteiger partial charge in [-0.1, -0.05) is 23.8 Å². The van der Waals surface area contributed by atoms with Gasteiger partial charge in [0.2, 0.25) is 0 Å². The van der Waals surface area contributed by atoms with Gasteiger partial charge in [-0.05, 0) is 70.4 Å². The highest BCUT2D eigenvalue weighted by Gasteiger charge is 2.23. The van der Waals surface area contributed by atoms with E-state index < -0.39 is 5.91 Å². The molecule has 1 atom stereocenters. The third-order valence-electron chi connectivity index (χ3n) is 6.99. The van der Waals surface area contributed by atoms with Crippen molar-refractivity contribution in [1.82, 2.24) is 14.8 Å². The summed E-state index contributed by atoms with van der Waals surface area (Å²) < 4.78 is 15.1. The monoisotopic (exact) mass is 520 g/mol. The Hall–Kier alpha value is -3.62. The minimum absolute atomic E-state index is 0.0599. The second-order valence-electron chi connectivity index (χ2n) is 9.87. The molecule has 0 aliphatic carbocycles. The quantitative estimate of drug-likeness (QED) is 0.300. The minimum atomic E-state index is -0.534. The standard InChI is InChI=1S/C30H37FN4O3/c1-8-9-28(36)35(38)27-10-13-32-21(4)25(27)17-19(2)22(5)34-14-11-23(12-15-34)29-20(3)16-24(18-26(29)31)30(37)33(6)7/h8-11,13,16-18,22,38H,12,14-15H2,1-7H3/b9-8-,19-17+. The maximum Gasteiger partial charge on any atom is 0.274 e. The van der Waals surface area contributed by atoms with Gasteiger partial charge in [-0.3, -0.25) is 24.7 Å². The van der Waals surface area contributed by atoms with Crippen molar-refractivity contribution in [3.05, 3.63) is 82.0 Å². The van der Waals surface area contributed by atoms with E-state index in [9.17, 15) is 14.8 Å². The Morgan fingerprint density at radius 1 is 1.24 bits per heavy atom. The molecular formula is C30H37FN4O3. The van der Waals surface area contributed by atoms with Crippen LogP contribution in [0.3, 0.4) is 0 Å². The van der Waals surface area contributed by atoms with Gasteiger partial charge in [-0.15, -0.1) is 0 Å². The highest BCUT2D eigenvalue weighted by Crippen LogP contribution is 2.31. The molecule has 1 aliphatic rings. The molecule has 2 aromatic rings. The SMILES string of the molecule is C/C=C\C(=O)N(O)c1ccnc(C)c1/C=C(\C)C(C)N1CC=C(c2c(C)cc(C(=O)N(C)C)cc2F)CC1. The molecule has 202 valence electrons. The molecule has 3 rings (SSSR count). The summed E-state index contributed by atoms with van der Waals surface area (Å²) in [5.74, 6) is -1.13. The fraction of sp³-hybridized carbons (Fsp3) is 0.367. The lowest BCUT2D eigenvalue weighted by atomic mass is 9.92. The number of hydrogen-bond acceptors (Lipinski definition) is 5. The van der Waals surface area contributed by atoms with E-state index >= 15 is 4.39 Å². The van der Waals surface area contributed by atoms with E-state index in [0.29, 0.717) is 46.1 Å². The molecule has 8 heteroatoms. The van der Waals surface area contributed by atoms with Gasteiger partial charge in [0.25, 0.3) is 11.8 Å². The highest BCUT2D eigenvalue weighted by atomic mass is 19.1. The number of hydrogen-bond donors (Lipinski definition) is 1. The number of carbonyl (C=O) groups excluding carboxylic acids is 2. The van der Waals surface area contributed by atoms with E-state index in [1.807, 2.05) is 26.8 Å². The van der Waals surface area contributed by atoms with Crippen LogP contribution in [0.25, 0.3) is 11.6 Å². The molecule has 7 nitrogen and oxygen atoms in total. The summed E-state index contributed by atoms with van der Waals surface area (Å²) >= 11 is 0. The fourth-order valence-corrected chi connectivity index (χ4v) is 4.69. The third kappa shape index (κ3) is 6.26. The molecule has 0 radical (unpaired) electrons. The fourth-order valence-electron chi connectivity index (χ4n) is 4.69. The average Bonchev–Trinajstić information content (AvgIpc) is 2.88. The summed E-state index contributed by atoms with van der Waals surface area (Å²) in [4.78, 5) is 32.6. The van der Waals surface area contributed by atoms with Crippen LogP contribution in [-0.4, -0.2) is 65.0 Å². The zero-order valence-corrected chi connectivity index (χ0v) is 23.2. The molecule has 1 aromatic heterocycles. The van der Waals surface area contributed by atoms with Crippen LogP contribution in [0, 0.1) is 19.7 Å². The van der Waals surface area contributed by atoms with Gasteiger partial charge in [0.1, 0.15) is 5.82 Å². The van der Waals surface area contributed by atoms with Gasteiger partial charge >= 0.3 is 0 Å². The van der Waals surface area contributed by atoms with E-state index in [1.165, 1.54) is 17.0 Å². The van der Waals surface area contributed by atoms with Crippen molar-refractivity contribution in [3.8, 4) is 0 Å². The van der Waals surface area contributed by atoms with E-state index in [-0.39, 0.29) is 17.8 Å². The first kappa shape index (κ1) is 28.9. The molecule has 1 aliphatic heterocycles. The number of pyridine rings is 1. The average molecular weight is 521 g/mol. The summed E-state index contributed by atoms with van der Waals surface area (Å²) in [7, 11) is 3.30. The van der Waals surface area contributed by atoms with Gasteiger partial charge < -0.3 is 4.90 Å². The van der Waals surface area contributed by atoms with Crippen molar-refractivity contribution in [2.45, 2.75) is 47.1 Å². The van der Waals surface area contributed by atoms with Crippen molar-refractivity contribution in [1.29, 1.82) is 0 Å². The number of amides is 2. The predicted molar refractivity (Wildman–Crippen MR) is 149 cm³/mol. The van der Waals surface area contributed by atoms with Crippen LogP contribution in [0.2, 0.25) is 0 Å². The van der Waals surface area contributed by atoms with Crippen LogP contribution in [0.15, 0.2) is 48.2 Å². The molecule has 0 fully saturated rings. The van der Waals surface area contributed by atoms with E-state index in [4.69, 9.17) is 0 Å². The Morgan fingerprint density at radius 3 is 2.53 bits per heavy atom. The van der Waals surface area contributed by atoms with Crippen molar-refractivity contribution >= 4 is 29.2 Å². The molecular weight excluding hydrogens is 483 g/mol. The number of aromatic nitrogens is 1. The molecule has 0 spiro atoms. The largest absolute Gasteiger partial charge is 0.345 e. The molecule has 1 N–H and O–H groups in total. The maximum atomic E-state index is 15.1. The van der Waals surface area contributed by atoms with Gasteiger partial charge in [0.15, 0.2) is 0 Å². The summed E-state index contributed by atoms with van der Waals surface area (Å²) in [6.07, 6.45) is 9.13. The van der Waals surface area contributed by atoms with Crippen LogP contribution < -0.4 is 5.06 Å². The lowest BCUT2D eigenvalue weighted by Gasteiger charge is -2.33. The molecule has 38 heavy (non-hydrogen) atoms. The van der Waals surface area contributed by atoms with Gasteiger partial charge in [0, 0.05) is 67.9 Å². The Labute approximate surface area is 224 Å². The van der Waals surface area contributed by atoms with Crippen molar-refractivity contribution in [2.24, 2.45) is 0 Å². The molecule has 2 amide bonds. The number of benzene rings is 1. The number of nitrogens with zero attached hydrogens (tertiary/aromatic N) is 4. The van der Waals surface area contributed by atoms with Gasteiger partial charge in [-0.2, -0.15) is 5.06 Å². The summed E-state index contributed by atoms with van der Waals surface area (Å²) in [5.41, 5.74) is 5.40.